The summed E-state index contributed by atoms with van der Waals surface area (Å²) < 4.78 is 3.15. The largest absolute Gasteiger partial charge is 0.346 e. The van der Waals surface area contributed by atoms with Gasteiger partial charge in [0.05, 0.1) is 12.2 Å². The van der Waals surface area contributed by atoms with E-state index in [1.54, 1.807) is 0 Å². The van der Waals surface area contributed by atoms with Gasteiger partial charge in [0.1, 0.15) is 0 Å². The van der Waals surface area contributed by atoms with Crippen molar-refractivity contribution >= 4 is 21.8 Å². The Kier molecular flexibility index (Phi) is 4.93. The molecule has 0 aliphatic rings. The summed E-state index contributed by atoms with van der Waals surface area (Å²) in [6.45, 7) is 1.26. The van der Waals surface area contributed by atoms with Crippen molar-refractivity contribution in [2.45, 2.75) is 13.1 Å². The molecular weight excluding hydrogens is 352 g/mol. The summed E-state index contributed by atoms with van der Waals surface area (Å²) in [4.78, 5) is 12.2. The summed E-state index contributed by atoms with van der Waals surface area (Å²) in [5.74, 6) is -0.0649. The lowest BCUT2D eigenvalue weighted by molar-refractivity contribution is 0.0950. The van der Waals surface area contributed by atoms with Crippen LogP contribution in [0.15, 0.2) is 77.4 Å². The summed E-state index contributed by atoms with van der Waals surface area (Å²) in [7, 11) is 0. The van der Waals surface area contributed by atoms with Gasteiger partial charge in [0, 0.05) is 22.8 Å². The molecule has 0 unspecified atom stereocenters. The van der Waals surface area contributed by atoms with Crippen molar-refractivity contribution in [1.82, 2.24) is 9.88 Å². The molecule has 0 aliphatic heterocycles. The maximum Gasteiger partial charge on any atom is 0.251 e. The van der Waals surface area contributed by atoms with E-state index in [1.807, 2.05) is 60.8 Å². The molecule has 2 aromatic carbocycles. The van der Waals surface area contributed by atoms with E-state index in [0.717, 1.165) is 16.7 Å². The first-order valence-electron chi connectivity index (χ1n) is 7.45. The highest BCUT2D eigenvalue weighted by molar-refractivity contribution is 9.10. The van der Waals surface area contributed by atoms with Crippen molar-refractivity contribution in [2.24, 2.45) is 0 Å². The molecule has 0 fully saturated rings. The van der Waals surface area contributed by atoms with Gasteiger partial charge < -0.3 is 9.88 Å². The molecule has 1 amide bonds. The van der Waals surface area contributed by atoms with Gasteiger partial charge in [-0.3, -0.25) is 4.79 Å². The van der Waals surface area contributed by atoms with Crippen LogP contribution in [0.4, 0.5) is 0 Å². The highest BCUT2D eigenvalue weighted by atomic mass is 79.9. The van der Waals surface area contributed by atoms with Gasteiger partial charge in [-0.05, 0) is 39.7 Å². The second-order valence-corrected chi connectivity index (χ2v) is 6.13. The first kappa shape index (κ1) is 15.6. The maximum atomic E-state index is 12.2. The Morgan fingerprint density at radius 2 is 1.61 bits per heavy atom. The van der Waals surface area contributed by atoms with Gasteiger partial charge in [0.15, 0.2) is 0 Å². The van der Waals surface area contributed by atoms with Crippen LogP contribution in [-0.2, 0) is 13.1 Å². The van der Waals surface area contributed by atoms with Crippen LogP contribution >= 0.6 is 15.9 Å². The number of carbonyl (C=O) groups excluding carboxylic acids is 1. The molecule has 3 nitrogen and oxygen atoms in total. The Morgan fingerprint density at radius 3 is 2.30 bits per heavy atom. The first-order chi connectivity index (χ1) is 11.2. The lowest BCUT2D eigenvalue weighted by Gasteiger charge is -2.11. The van der Waals surface area contributed by atoms with Crippen molar-refractivity contribution < 1.29 is 4.79 Å². The molecule has 1 heterocycles. The maximum absolute atomic E-state index is 12.2. The number of hydrogen-bond donors (Lipinski definition) is 1. The predicted octanol–water partition coefficient (Wildman–Crippen LogP) is 4.23. The molecule has 0 bridgehead atoms. The minimum absolute atomic E-state index is 0.0649. The van der Waals surface area contributed by atoms with E-state index in [4.69, 9.17) is 0 Å². The highest BCUT2D eigenvalue weighted by Crippen LogP contribution is 2.19. The predicted molar refractivity (Wildman–Crippen MR) is 95.3 cm³/mol. The Bertz CT molecular complexity index is 782. The monoisotopic (exact) mass is 368 g/mol. The third kappa shape index (κ3) is 3.90. The third-order valence-corrected chi connectivity index (χ3v) is 4.39. The molecule has 1 aromatic heterocycles. The Hall–Kier alpha value is -2.33. The molecule has 3 rings (SSSR count). The summed E-state index contributed by atoms with van der Waals surface area (Å²) in [5, 5.41) is 2.98. The quantitative estimate of drug-likeness (QED) is 0.718. The third-order valence-electron chi connectivity index (χ3n) is 3.67. The Balaban J connectivity index is 1.71. The highest BCUT2D eigenvalue weighted by Gasteiger charge is 2.10. The average Bonchev–Trinajstić information content (AvgIpc) is 2.94. The lowest BCUT2D eigenvalue weighted by Crippen LogP contribution is -2.24. The zero-order valence-corrected chi connectivity index (χ0v) is 14.2. The molecule has 1 N–H and O–H groups in total. The van der Waals surface area contributed by atoms with Crippen LogP contribution in [0.25, 0.3) is 0 Å². The van der Waals surface area contributed by atoms with E-state index in [2.05, 4.69) is 37.9 Å². The van der Waals surface area contributed by atoms with E-state index in [1.165, 1.54) is 5.56 Å². The molecule has 0 saturated carbocycles. The van der Waals surface area contributed by atoms with Gasteiger partial charge in [-0.25, -0.2) is 0 Å². The summed E-state index contributed by atoms with van der Waals surface area (Å²) in [5.41, 5.74) is 2.95. The summed E-state index contributed by atoms with van der Waals surface area (Å²) in [6.07, 6.45) is 2.03. The van der Waals surface area contributed by atoms with Gasteiger partial charge in [-0.2, -0.15) is 0 Å². The van der Waals surface area contributed by atoms with E-state index in [0.29, 0.717) is 12.1 Å². The van der Waals surface area contributed by atoms with E-state index >= 15 is 0 Å². The minimum Gasteiger partial charge on any atom is -0.346 e. The number of hydrogen-bond acceptors (Lipinski definition) is 1. The number of nitrogens with one attached hydrogen (secondary N) is 1. The van der Waals surface area contributed by atoms with Crippen LogP contribution < -0.4 is 5.32 Å². The van der Waals surface area contributed by atoms with Gasteiger partial charge in [-0.1, -0.05) is 48.5 Å². The molecular formula is C19H17BrN2O. The van der Waals surface area contributed by atoms with Crippen LogP contribution in [0.1, 0.15) is 21.6 Å². The Labute approximate surface area is 144 Å². The van der Waals surface area contributed by atoms with Crippen LogP contribution in [0.5, 0.6) is 0 Å². The van der Waals surface area contributed by atoms with Gasteiger partial charge in [0.2, 0.25) is 0 Å². The smallest absolute Gasteiger partial charge is 0.251 e. The second-order valence-electron chi connectivity index (χ2n) is 5.27. The topological polar surface area (TPSA) is 34.0 Å². The van der Waals surface area contributed by atoms with Crippen molar-refractivity contribution in [3.63, 3.8) is 0 Å². The van der Waals surface area contributed by atoms with Crippen LogP contribution in [0.3, 0.4) is 0 Å². The number of benzene rings is 2. The number of carbonyl (C=O) groups is 1. The van der Waals surface area contributed by atoms with Gasteiger partial charge in [-0.15, -0.1) is 0 Å². The van der Waals surface area contributed by atoms with Crippen LogP contribution in [-0.4, -0.2) is 10.5 Å². The van der Waals surface area contributed by atoms with Gasteiger partial charge in [0.25, 0.3) is 5.91 Å². The van der Waals surface area contributed by atoms with E-state index < -0.39 is 0 Å². The number of halogens is 1. The molecule has 0 saturated heterocycles. The van der Waals surface area contributed by atoms with Crippen molar-refractivity contribution in [1.29, 1.82) is 0 Å². The minimum atomic E-state index is -0.0649. The zero-order chi connectivity index (χ0) is 16.1. The molecule has 4 heteroatoms. The molecule has 3 aromatic rings. The molecule has 0 aliphatic carbocycles. The fraction of sp³-hybridized carbons (Fsp3) is 0.105. The lowest BCUT2D eigenvalue weighted by atomic mass is 10.2. The normalized spacial score (nSPS) is 10.5. The number of amides is 1. The van der Waals surface area contributed by atoms with Crippen LogP contribution in [0.2, 0.25) is 0 Å². The van der Waals surface area contributed by atoms with E-state index in [-0.39, 0.29) is 5.91 Å². The summed E-state index contributed by atoms with van der Waals surface area (Å²) >= 11 is 3.56. The molecule has 23 heavy (non-hydrogen) atoms. The standard InChI is InChI=1S/C19H17BrN2O/c20-17-11-12-22(14-15-7-3-1-4-8-15)18(17)13-21-19(23)16-9-5-2-6-10-16/h1-12H,13-14H2,(H,21,23). The summed E-state index contributed by atoms with van der Waals surface area (Å²) in [6, 6.07) is 21.5. The number of aromatic nitrogens is 1. The number of rotatable bonds is 5. The molecule has 0 spiro atoms. The Morgan fingerprint density at radius 1 is 0.957 bits per heavy atom. The average molecular weight is 369 g/mol. The molecule has 0 radical (unpaired) electrons. The first-order valence-corrected chi connectivity index (χ1v) is 8.24. The SMILES string of the molecule is O=C(NCc1c(Br)ccn1Cc1ccccc1)c1ccccc1. The van der Waals surface area contributed by atoms with Crippen molar-refractivity contribution in [3.05, 3.63) is 94.2 Å². The van der Waals surface area contributed by atoms with E-state index in [9.17, 15) is 4.79 Å². The van der Waals surface area contributed by atoms with Crippen molar-refractivity contribution in [3.8, 4) is 0 Å². The van der Waals surface area contributed by atoms with Crippen molar-refractivity contribution in [2.75, 3.05) is 0 Å². The molecule has 0 atom stereocenters. The number of nitrogens with zero attached hydrogens (tertiary/aromatic N) is 1. The van der Waals surface area contributed by atoms with Crippen LogP contribution in [0, 0.1) is 0 Å². The second kappa shape index (κ2) is 7.29. The van der Waals surface area contributed by atoms with Gasteiger partial charge >= 0.3 is 0 Å². The fourth-order valence-corrected chi connectivity index (χ4v) is 2.93. The molecule has 116 valence electrons. The zero-order valence-electron chi connectivity index (χ0n) is 12.6. The fourth-order valence-electron chi connectivity index (χ4n) is 2.45.